The summed E-state index contributed by atoms with van der Waals surface area (Å²) in [6, 6.07) is 4.81. The van der Waals surface area contributed by atoms with Crippen LogP contribution in [0.15, 0.2) is 18.2 Å². The molecule has 0 amide bonds. The second kappa shape index (κ2) is 4.50. The third kappa shape index (κ3) is 1.96. The summed E-state index contributed by atoms with van der Waals surface area (Å²) in [5.41, 5.74) is 0.323. The van der Waals surface area contributed by atoms with Crippen LogP contribution in [0.25, 0.3) is 0 Å². The molecule has 0 saturated carbocycles. The maximum Gasteiger partial charge on any atom is 0.342 e. The SMILES string of the molecule is [CH2]OC(=O)c1ccc(OC)cc1OC. The molecular weight excluding hydrogens is 184 g/mol. The van der Waals surface area contributed by atoms with Crippen LogP contribution in [0.3, 0.4) is 0 Å². The molecule has 0 bridgehead atoms. The van der Waals surface area contributed by atoms with Crippen LogP contribution < -0.4 is 9.47 Å². The fraction of sp³-hybridized carbons (Fsp3) is 0.200. The molecule has 0 atom stereocenters. The number of benzene rings is 1. The van der Waals surface area contributed by atoms with Crippen molar-refractivity contribution >= 4 is 5.97 Å². The molecule has 1 aromatic carbocycles. The predicted octanol–water partition coefficient (Wildman–Crippen LogP) is 1.65. The fourth-order valence-electron chi connectivity index (χ4n) is 1.04. The van der Waals surface area contributed by atoms with Crippen molar-refractivity contribution in [3.8, 4) is 11.5 Å². The van der Waals surface area contributed by atoms with Crippen LogP contribution in [-0.2, 0) is 4.74 Å². The number of hydrogen-bond acceptors (Lipinski definition) is 4. The van der Waals surface area contributed by atoms with Gasteiger partial charge in [0.25, 0.3) is 0 Å². The third-order valence-corrected chi connectivity index (χ3v) is 1.76. The van der Waals surface area contributed by atoms with Crippen molar-refractivity contribution in [2.24, 2.45) is 0 Å². The van der Waals surface area contributed by atoms with E-state index < -0.39 is 5.97 Å². The molecule has 0 aliphatic heterocycles. The summed E-state index contributed by atoms with van der Waals surface area (Å²) >= 11 is 0. The fourth-order valence-corrected chi connectivity index (χ4v) is 1.04. The predicted molar refractivity (Wildman–Crippen MR) is 50.3 cm³/mol. The van der Waals surface area contributed by atoms with Gasteiger partial charge in [0.05, 0.1) is 14.2 Å². The van der Waals surface area contributed by atoms with Gasteiger partial charge in [-0.2, -0.15) is 0 Å². The second-order valence-corrected chi connectivity index (χ2v) is 2.50. The molecule has 0 aliphatic rings. The minimum atomic E-state index is -0.537. The number of hydrogen-bond donors (Lipinski definition) is 0. The Kier molecular flexibility index (Phi) is 3.34. The topological polar surface area (TPSA) is 44.8 Å². The van der Waals surface area contributed by atoms with E-state index in [1.165, 1.54) is 14.2 Å². The molecule has 0 unspecified atom stereocenters. The zero-order chi connectivity index (χ0) is 10.6. The smallest absolute Gasteiger partial charge is 0.342 e. The van der Waals surface area contributed by atoms with Gasteiger partial charge in [0.2, 0.25) is 0 Å². The first kappa shape index (κ1) is 10.4. The van der Waals surface area contributed by atoms with Crippen LogP contribution >= 0.6 is 0 Å². The summed E-state index contributed by atoms with van der Waals surface area (Å²) in [4.78, 5) is 11.2. The number of carbonyl (C=O) groups is 1. The molecule has 1 rings (SSSR count). The highest BCUT2D eigenvalue weighted by molar-refractivity contribution is 5.92. The van der Waals surface area contributed by atoms with Crippen LogP contribution in [0, 0.1) is 7.11 Å². The molecule has 1 radical (unpaired) electrons. The largest absolute Gasteiger partial charge is 0.497 e. The first-order valence-electron chi connectivity index (χ1n) is 3.91. The lowest BCUT2D eigenvalue weighted by molar-refractivity contribution is 0.0650. The summed E-state index contributed by atoms with van der Waals surface area (Å²) in [5, 5.41) is 0. The number of ether oxygens (including phenoxy) is 3. The van der Waals surface area contributed by atoms with Gasteiger partial charge < -0.3 is 14.2 Å². The second-order valence-electron chi connectivity index (χ2n) is 2.50. The molecule has 0 saturated heterocycles. The van der Waals surface area contributed by atoms with E-state index in [4.69, 9.17) is 9.47 Å². The van der Waals surface area contributed by atoms with Gasteiger partial charge in [-0.05, 0) is 12.1 Å². The van der Waals surface area contributed by atoms with E-state index in [-0.39, 0.29) is 0 Å². The average Bonchev–Trinajstić information content (AvgIpc) is 2.27. The highest BCUT2D eigenvalue weighted by Crippen LogP contribution is 2.24. The molecule has 75 valence electrons. The average molecular weight is 195 g/mol. The summed E-state index contributed by atoms with van der Waals surface area (Å²) in [6.07, 6.45) is 0. The third-order valence-electron chi connectivity index (χ3n) is 1.76. The van der Waals surface area contributed by atoms with Crippen LogP contribution in [0.2, 0.25) is 0 Å². The summed E-state index contributed by atoms with van der Waals surface area (Å²) < 4.78 is 14.3. The summed E-state index contributed by atoms with van der Waals surface area (Å²) in [5.74, 6) is 0.477. The number of methoxy groups -OCH3 is 2. The van der Waals surface area contributed by atoms with Crippen molar-refractivity contribution in [2.75, 3.05) is 14.2 Å². The molecule has 0 aromatic heterocycles. The van der Waals surface area contributed by atoms with E-state index in [1.54, 1.807) is 18.2 Å². The van der Waals surface area contributed by atoms with Crippen molar-refractivity contribution in [1.82, 2.24) is 0 Å². The maximum absolute atomic E-state index is 11.2. The highest BCUT2D eigenvalue weighted by atomic mass is 16.5. The first-order chi connectivity index (χ1) is 6.72. The van der Waals surface area contributed by atoms with E-state index in [0.717, 1.165) is 0 Å². The summed E-state index contributed by atoms with van der Waals surface area (Å²) in [7, 11) is 6.05. The van der Waals surface area contributed by atoms with Crippen molar-refractivity contribution in [1.29, 1.82) is 0 Å². The van der Waals surface area contributed by atoms with Crippen molar-refractivity contribution in [3.63, 3.8) is 0 Å². The van der Waals surface area contributed by atoms with Gasteiger partial charge in [-0.1, -0.05) is 0 Å². The number of rotatable bonds is 3. The summed E-state index contributed by atoms with van der Waals surface area (Å²) in [6.45, 7) is 0. The number of carbonyl (C=O) groups excluding carboxylic acids is 1. The Balaban J connectivity index is 3.11. The minimum absolute atomic E-state index is 0.323. The van der Waals surface area contributed by atoms with Gasteiger partial charge in [-0.3, -0.25) is 0 Å². The Morgan fingerprint density at radius 2 is 2.00 bits per heavy atom. The standard InChI is InChI=1S/C10H11O4/c1-12-7-4-5-8(10(11)14-3)9(6-7)13-2/h4-6H,3H2,1-2H3. The molecule has 4 heteroatoms. The lowest BCUT2D eigenvalue weighted by Crippen LogP contribution is -2.03. The molecule has 1 aromatic rings. The van der Waals surface area contributed by atoms with Gasteiger partial charge in [0.15, 0.2) is 0 Å². The van der Waals surface area contributed by atoms with E-state index in [0.29, 0.717) is 17.1 Å². The maximum atomic E-state index is 11.2. The molecule has 4 nitrogen and oxygen atoms in total. The van der Waals surface area contributed by atoms with E-state index in [1.807, 2.05) is 0 Å². The van der Waals surface area contributed by atoms with Crippen molar-refractivity contribution in [3.05, 3.63) is 30.9 Å². The van der Waals surface area contributed by atoms with Crippen molar-refractivity contribution < 1.29 is 19.0 Å². The van der Waals surface area contributed by atoms with E-state index in [2.05, 4.69) is 11.8 Å². The molecule has 14 heavy (non-hydrogen) atoms. The Morgan fingerprint density at radius 3 is 2.50 bits per heavy atom. The zero-order valence-electron chi connectivity index (χ0n) is 8.07. The van der Waals surface area contributed by atoms with Crippen LogP contribution in [-0.4, -0.2) is 20.2 Å². The Hall–Kier alpha value is -1.71. The van der Waals surface area contributed by atoms with Gasteiger partial charge >= 0.3 is 5.97 Å². The first-order valence-corrected chi connectivity index (χ1v) is 3.91. The van der Waals surface area contributed by atoms with Crippen LogP contribution in [0.1, 0.15) is 10.4 Å². The molecule has 0 N–H and O–H groups in total. The van der Waals surface area contributed by atoms with Gasteiger partial charge in [-0.25, -0.2) is 4.79 Å². The molecule has 0 spiro atoms. The van der Waals surface area contributed by atoms with E-state index >= 15 is 0 Å². The van der Waals surface area contributed by atoms with E-state index in [9.17, 15) is 4.79 Å². The zero-order valence-corrected chi connectivity index (χ0v) is 8.07. The Morgan fingerprint density at radius 1 is 1.29 bits per heavy atom. The lowest BCUT2D eigenvalue weighted by Gasteiger charge is -2.08. The van der Waals surface area contributed by atoms with Gasteiger partial charge in [0.1, 0.15) is 24.2 Å². The van der Waals surface area contributed by atoms with Crippen LogP contribution in [0.5, 0.6) is 11.5 Å². The number of esters is 1. The highest BCUT2D eigenvalue weighted by Gasteiger charge is 2.12. The molecule has 0 fully saturated rings. The minimum Gasteiger partial charge on any atom is -0.497 e. The van der Waals surface area contributed by atoms with Crippen molar-refractivity contribution in [2.45, 2.75) is 0 Å². The molecule has 0 heterocycles. The lowest BCUT2D eigenvalue weighted by atomic mass is 10.2. The quantitative estimate of drug-likeness (QED) is 0.688. The Labute approximate surface area is 82.4 Å². The monoisotopic (exact) mass is 195 g/mol. The van der Waals surface area contributed by atoms with Gasteiger partial charge in [-0.15, -0.1) is 0 Å². The van der Waals surface area contributed by atoms with Gasteiger partial charge in [0, 0.05) is 6.07 Å². The normalized spacial score (nSPS) is 9.36. The Bertz CT molecular complexity index is 333. The molecule has 0 aliphatic carbocycles. The van der Waals surface area contributed by atoms with Crippen LogP contribution in [0.4, 0.5) is 0 Å². The molecular formula is C10H11O4.